The van der Waals surface area contributed by atoms with Crippen molar-refractivity contribution in [3.63, 3.8) is 0 Å². The number of nitrogens with zero attached hydrogens (tertiary/aromatic N) is 3. The minimum absolute atomic E-state index is 0.0644. The normalized spacial score (nSPS) is 11.3. The van der Waals surface area contributed by atoms with Crippen molar-refractivity contribution in [2.24, 2.45) is 0 Å². The summed E-state index contributed by atoms with van der Waals surface area (Å²) in [6, 6.07) is 7.50. The van der Waals surface area contributed by atoms with Crippen LogP contribution in [0.2, 0.25) is 0 Å². The monoisotopic (exact) mass is 323 g/mol. The van der Waals surface area contributed by atoms with E-state index in [9.17, 15) is 18.0 Å². The molecule has 0 spiro atoms. The molecule has 0 radical (unpaired) electrons. The van der Waals surface area contributed by atoms with Gasteiger partial charge in [-0.2, -0.15) is 13.2 Å². The molecule has 0 aliphatic heterocycles. The molecule has 0 atom stereocenters. The summed E-state index contributed by atoms with van der Waals surface area (Å²) in [5.41, 5.74) is 0.0770. The molecule has 0 N–H and O–H groups in total. The van der Waals surface area contributed by atoms with Gasteiger partial charge in [0.15, 0.2) is 0 Å². The summed E-state index contributed by atoms with van der Waals surface area (Å²) in [5, 5.41) is 0. The second-order valence-corrected chi connectivity index (χ2v) is 5.13. The zero-order chi connectivity index (χ0) is 17.0. The van der Waals surface area contributed by atoms with Gasteiger partial charge in [0.05, 0.1) is 11.3 Å². The Morgan fingerprint density at radius 1 is 1.22 bits per heavy atom. The van der Waals surface area contributed by atoms with E-state index in [0.717, 1.165) is 11.8 Å². The van der Waals surface area contributed by atoms with Gasteiger partial charge in [0, 0.05) is 31.9 Å². The van der Waals surface area contributed by atoms with Gasteiger partial charge in [0.1, 0.15) is 5.69 Å². The van der Waals surface area contributed by atoms with Gasteiger partial charge in [0.25, 0.3) is 5.91 Å². The van der Waals surface area contributed by atoms with Crippen LogP contribution in [0.4, 0.5) is 13.2 Å². The van der Waals surface area contributed by atoms with E-state index >= 15 is 0 Å². The lowest BCUT2D eigenvalue weighted by atomic mass is 10.1. The molecule has 122 valence electrons. The Morgan fingerprint density at radius 2 is 1.96 bits per heavy atom. The third-order valence-corrected chi connectivity index (χ3v) is 3.38. The van der Waals surface area contributed by atoms with Crippen LogP contribution in [-0.2, 0) is 12.6 Å². The number of amides is 1. The molecule has 0 fully saturated rings. The fraction of sp³-hybridized carbons (Fsp3) is 0.312. The minimum atomic E-state index is -4.52. The molecule has 0 saturated carbocycles. The fourth-order valence-corrected chi connectivity index (χ4v) is 2.08. The number of alkyl halides is 3. The highest BCUT2D eigenvalue weighted by Gasteiger charge is 2.33. The van der Waals surface area contributed by atoms with E-state index < -0.39 is 11.9 Å². The lowest BCUT2D eigenvalue weighted by Gasteiger charge is -2.18. The minimum Gasteiger partial charge on any atom is -0.341 e. The number of halogens is 3. The van der Waals surface area contributed by atoms with Gasteiger partial charge in [-0.15, -0.1) is 0 Å². The highest BCUT2D eigenvalue weighted by Crippen LogP contribution is 2.28. The Labute approximate surface area is 132 Å². The summed E-state index contributed by atoms with van der Waals surface area (Å²) in [6.45, 7) is 1.81. The first-order valence-corrected chi connectivity index (χ1v) is 6.99. The van der Waals surface area contributed by atoms with E-state index in [0.29, 0.717) is 13.0 Å². The molecule has 2 aromatic heterocycles. The smallest absolute Gasteiger partial charge is 0.341 e. The van der Waals surface area contributed by atoms with E-state index in [1.807, 2.05) is 12.1 Å². The highest BCUT2D eigenvalue weighted by atomic mass is 19.4. The number of rotatable bonds is 4. The topological polar surface area (TPSA) is 46.1 Å². The van der Waals surface area contributed by atoms with E-state index in [-0.39, 0.29) is 17.2 Å². The van der Waals surface area contributed by atoms with Gasteiger partial charge in [0.2, 0.25) is 0 Å². The van der Waals surface area contributed by atoms with Crippen LogP contribution >= 0.6 is 0 Å². The SMILES string of the molecule is Cc1nc(C(F)(F)F)ccc1C(=O)N(C)CCc1ccccn1. The third-order valence-electron chi connectivity index (χ3n) is 3.38. The van der Waals surface area contributed by atoms with Crippen molar-refractivity contribution in [3.05, 3.63) is 59.2 Å². The predicted octanol–water partition coefficient (Wildman–Crippen LogP) is 3.12. The van der Waals surface area contributed by atoms with E-state index in [1.54, 1.807) is 19.3 Å². The van der Waals surface area contributed by atoms with Crippen LogP contribution in [0.5, 0.6) is 0 Å². The largest absolute Gasteiger partial charge is 0.433 e. The van der Waals surface area contributed by atoms with E-state index in [1.165, 1.54) is 17.9 Å². The molecule has 2 heterocycles. The summed E-state index contributed by atoms with van der Waals surface area (Å²) < 4.78 is 37.8. The number of aromatic nitrogens is 2. The Balaban J connectivity index is 2.07. The molecule has 7 heteroatoms. The van der Waals surface area contributed by atoms with Gasteiger partial charge < -0.3 is 4.90 Å². The molecule has 0 saturated heterocycles. The summed E-state index contributed by atoms with van der Waals surface area (Å²) in [7, 11) is 1.60. The third kappa shape index (κ3) is 4.28. The molecule has 1 amide bonds. The van der Waals surface area contributed by atoms with Crippen molar-refractivity contribution in [1.29, 1.82) is 0 Å². The first-order valence-electron chi connectivity index (χ1n) is 6.99. The highest BCUT2D eigenvalue weighted by molar-refractivity contribution is 5.95. The summed E-state index contributed by atoms with van der Waals surface area (Å²) in [4.78, 5) is 21.4. The molecule has 4 nitrogen and oxygen atoms in total. The first-order chi connectivity index (χ1) is 10.8. The second kappa shape index (κ2) is 6.76. The molecule has 2 rings (SSSR count). The van der Waals surface area contributed by atoms with Gasteiger partial charge in [-0.1, -0.05) is 6.07 Å². The van der Waals surface area contributed by atoms with Gasteiger partial charge >= 0.3 is 6.18 Å². The van der Waals surface area contributed by atoms with Gasteiger partial charge in [-0.3, -0.25) is 9.78 Å². The number of carbonyl (C=O) groups is 1. The average Bonchev–Trinajstić information content (AvgIpc) is 2.52. The van der Waals surface area contributed by atoms with Crippen LogP contribution in [0.1, 0.15) is 27.4 Å². The predicted molar refractivity (Wildman–Crippen MR) is 78.9 cm³/mol. The van der Waals surface area contributed by atoms with Gasteiger partial charge in [-0.05, 0) is 31.2 Å². The van der Waals surface area contributed by atoms with Crippen LogP contribution in [0, 0.1) is 6.92 Å². The molecular formula is C16H16F3N3O. The van der Waals surface area contributed by atoms with Crippen LogP contribution in [0.15, 0.2) is 36.5 Å². The van der Waals surface area contributed by atoms with Crippen molar-refractivity contribution in [2.75, 3.05) is 13.6 Å². The van der Waals surface area contributed by atoms with Gasteiger partial charge in [-0.25, -0.2) is 4.98 Å². The lowest BCUT2D eigenvalue weighted by Crippen LogP contribution is -2.30. The number of likely N-dealkylation sites (N-methyl/N-ethyl adjacent to an activating group) is 1. The fourth-order valence-electron chi connectivity index (χ4n) is 2.08. The van der Waals surface area contributed by atoms with Crippen molar-refractivity contribution in [3.8, 4) is 0 Å². The Morgan fingerprint density at radius 3 is 2.52 bits per heavy atom. The quantitative estimate of drug-likeness (QED) is 0.868. The van der Waals surface area contributed by atoms with Crippen LogP contribution in [0.25, 0.3) is 0 Å². The van der Waals surface area contributed by atoms with Crippen LogP contribution < -0.4 is 0 Å². The standard InChI is InChI=1S/C16H16F3N3O/c1-11-13(6-7-14(21-11)16(17,18)19)15(23)22(2)10-8-12-5-3-4-9-20-12/h3-7,9H,8,10H2,1-2H3. The number of pyridine rings is 2. The first kappa shape index (κ1) is 16.9. The number of hydrogen-bond donors (Lipinski definition) is 0. The Kier molecular flexibility index (Phi) is 4.98. The van der Waals surface area contributed by atoms with E-state index in [2.05, 4.69) is 9.97 Å². The van der Waals surface area contributed by atoms with E-state index in [4.69, 9.17) is 0 Å². The molecule has 0 aromatic carbocycles. The van der Waals surface area contributed by atoms with Crippen molar-refractivity contribution >= 4 is 5.91 Å². The molecule has 0 aliphatic carbocycles. The molecular weight excluding hydrogens is 307 g/mol. The second-order valence-electron chi connectivity index (χ2n) is 5.13. The van der Waals surface area contributed by atoms with Crippen LogP contribution in [-0.4, -0.2) is 34.4 Å². The molecule has 0 bridgehead atoms. The molecule has 0 aliphatic rings. The van der Waals surface area contributed by atoms with Crippen molar-refractivity contribution in [1.82, 2.24) is 14.9 Å². The Hall–Kier alpha value is -2.44. The molecule has 0 unspecified atom stereocenters. The number of aryl methyl sites for hydroxylation is 1. The van der Waals surface area contributed by atoms with Crippen LogP contribution in [0.3, 0.4) is 0 Å². The number of carbonyl (C=O) groups excluding carboxylic acids is 1. The lowest BCUT2D eigenvalue weighted by molar-refractivity contribution is -0.141. The summed E-state index contributed by atoms with van der Waals surface area (Å²) in [5.74, 6) is -0.361. The number of hydrogen-bond acceptors (Lipinski definition) is 3. The maximum absolute atomic E-state index is 12.6. The molecule has 2 aromatic rings. The van der Waals surface area contributed by atoms with Crippen molar-refractivity contribution in [2.45, 2.75) is 19.5 Å². The average molecular weight is 323 g/mol. The zero-order valence-electron chi connectivity index (χ0n) is 12.8. The van der Waals surface area contributed by atoms with Crippen molar-refractivity contribution < 1.29 is 18.0 Å². The Bertz CT molecular complexity index is 687. The summed E-state index contributed by atoms with van der Waals surface area (Å²) in [6.07, 6.45) is -2.28. The zero-order valence-corrected chi connectivity index (χ0v) is 12.8. The maximum Gasteiger partial charge on any atom is 0.433 e. The maximum atomic E-state index is 12.6. The summed E-state index contributed by atoms with van der Waals surface area (Å²) >= 11 is 0. The molecule has 23 heavy (non-hydrogen) atoms.